The van der Waals surface area contributed by atoms with E-state index in [1.54, 1.807) is 4.90 Å². The highest BCUT2D eigenvalue weighted by atomic mass is 16.3. The highest BCUT2D eigenvalue weighted by Gasteiger charge is 2.15. The summed E-state index contributed by atoms with van der Waals surface area (Å²) in [6.07, 6.45) is 0.654. The molecule has 0 bridgehead atoms. The maximum Gasteiger partial charge on any atom is 0.0679 e. The molecule has 0 aliphatic carbocycles. The fourth-order valence-corrected chi connectivity index (χ4v) is 0.768. The number of aliphatic hydroxyl groups excluding tert-OH is 1. The molecule has 1 atom stereocenters. The summed E-state index contributed by atoms with van der Waals surface area (Å²) in [7, 11) is 5.30. The van der Waals surface area contributed by atoms with Gasteiger partial charge in [0.25, 0.3) is 0 Å². The van der Waals surface area contributed by atoms with Crippen LogP contribution in [0.5, 0.6) is 0 Å². The first-order valence-electron chi connectivity index (χ1n) is 2.47. The van der Waals surface area contributed by atoms with Crippen LogP contribution in [0.25, 0.3) is 0 Å². The Labute approximate surface area is 43.7 Å². The van der Waals surface area contributed by atoms with Crippen molar-refractivity contribution >= 4 is 0 Å². The average molecular weight is 99.1 g/mol. The number of hydrogen-bond acceptors (Lipinski definition) is 2. The molecule has 2 nitrogen and oxygen atoms in total. The summed E-state index contributed by atoms with van der Waals surface area (Å²) < 4.78 is 0. The monoisotopic (exact) mass is 99.1 g/mol. The van der Waals surface area contributed by atoms with Crippen molar-refractivity contribution in [2.24, 2.45) is 0 Å². The third-order valence-electron chi connectivity index (χ3n) is 1.19. The minimum Gasteiger partial charge on any atom is -0.392 e. The summed E-state index contributed by atoms with van der Waals surface area (Å²) >= 11 is 0. The Hall–Kier alpha value is -0.0800. The molecule has 0 amide bonds. The fraction of sp³-hybridized carbons (Fsp3) is 0.800. The topological polar surface area (TPSA) is 23.5 Å². The second-order valence-corrected chi connectivity index (χ2v) is 1.94. The van der Waals surface area contributed by atoms with E-state index in [4.69, 9.17) is 12.2 Å². The van der Waals surface area contributed by atoms with E-state index in [9.17, 15) is 0 Å². The molecule has 40 valence electrons. The molecule has 1 N–H and O–H groups in total. The molecule has 1 aliphatic rings. The molecule has 1 heterocycles. The van der Waals surface area contributed by atoms with Gasteiger partial charge in [-0.1, -0.05) is 0 Å². The smallest absolute Gasteiger partial charge is 0.0679 e. The third-order valence-corrected chi connectivity index (χ3v) is 1.19. The van der Waals surface area contributed by atoms with E-state index >= 15 is 0 Å². The van der Waals surface area contributed by atoms with Crippen molar-refractivity contribution < 1.29 is 5.11 Å². The zero-order valence-electron chi connectivity index (χ0n) is 4.17. The van der Waals surface area contributed by atoms with Crippen molar-refractivity contribution in [2.75, 3.05) is 13.1 Å². The molecule has 2 radical (unpaired) electrons. The van der Waals surface area contributed by atoms with Gasteiger partial charge in [0, 0.05) is 20.1 Å². The minimum atomic E-state index is -0.176. The lowest BCUT2D eigenvalue weighted by atomic mass is 10.3. The Morgan fingerprint density at radius 3 is 2.57 bits per heavy atom. The van der Waals surface area contributed by atoms with E-state index in [-0.39, 0.29) is 6.10 Å². The Morgan fingerprint density at radius 2 is 2.43 bits per heavy atom. The zero-order valence-corrected chi connectivity index (χ0v) is 4.17. The lowest BCUT2D eigenvalue weighted by molar-refractivity contribution is 0.185. The second kappa shape index (κ2) is 1.80. The largest absolute Gasteiger partial charge is 0.392 e. The molecule has 0 aromatic carbocycles. The molecular formula is C5H9NO. The van der Waals surface area contributed by atoms with Gasteiger partial charge >= 0.3 is 0 Å². The molecule has 0 aromatic heterocycles. The van der Waals surface area contributed by atoms with Gasteiger partial charge in [-0.05, 0) is 6.42 Å². The summed E-state index contributed by atoms with van der Waals surface area (Å²) in [5.74, 6) is 0. The van der Waals surface area contributed by atoms with E-state index < -0.39 is 0 Å². The van der Waals surface area contributed by atoms with Gasteiger partial charge in [0.05, 0.1) is 6.10 Å². The van der Waals surface area contributed by atoms with E-state index in [0.29, 0.717) is 6.54 Å². The number of aliphatic hydroxyl groups is 1. The third kappa shape index (κ3) is 1.14. The molecule has 1 rings (SSSR count). The number of rotatable bonds is 0. The Balaban J connectivity index is 2.26. The quantitative estimate of drug-likeness (QED) is 0.451. The van der Waals surface area contributed by atoms with Crippen LogP contribution >= 0.6 is 0 Å². The van der Waals surface area contributed by atoms with Gasteiger partial charge in [-0.2, -0.15) is 0 Å². The predicted octanol–water partition coefficient (Wildman–Crippen LogP) is -0.278. The van der Waals surface area contributed by atoms with Gasteiger partial charge in [-0.15, -0.1) is 0 Å². The predicted molar refractivity (Wildman–Crippen MR) is 26.5 cm³/mol. The van der Waals surface area contributed by atoms with E-state index in [0.717, 1.165) is 13.0 Å². The number of β-amino-alcohol motifs (C(OH)–C–C–N with tert-alkyl or cyclic N) is 1. The lowest BCUT2D eigenvalue weighted by Gasteiger charge is -2.01. The highest BCUT2D eigenvalue weighted by Crippen LogP contribution is 2.05. The highest BCUT2D eigenvalue weighted by molar-refractivity contribution is 4.72. The van der Waals surface area contributed by atoms with Gasteiger partial charge < -0.3 is 5.11 Å². The summed E-state index contributed by atoms with van der Waals surface area (Å²) in [5, 5.41) is 8.78. The molecular weight excluding hydrogens is 90.1 g/mol. The molecule has 0 unspecified atom stereocenters. The molecule has 7 heavy (non-hydrogen) atoms. The zero-order chi connectivity index (χ0) is 5.28. The standard InChI is InChI=1S/C5H9NO/c1-6-3-2-5(7)4-6/h1,5,7H,2-4H2/t5-/m0/s1. The van der Waals surface area contributed by atoms with Crippen molar-refractivity contribution in [3.05, 3.63) is 7.05 Å². The number of likely N-dealkylation sites (tertiary alicyclic amines) is 1. The Bertz CT molecular complexity index is 57.1. The van der Waals surface area contributed by atoms with Crippen LogP contribution in [-0.2, 0) is 0 Å². The van der Waals surface area contributed by atoms with Crippen molar-refractivity contribution in [2.45, 2.75) is 12.5 Å². The Kier molecular flexibility index (Phi) is 1.30. The van der Waals surface area contributed by atoms with Crippen LogP contribution in [0.15, 0.2) is 0 Å². The van der Waals surface area contributed by atoms with Crippen LogP contribution in [0, 0.1) is 7.05 Å². The van der Waals surface area contributed by atoms with Crippen molar-refractivity contribution in [1.82, 2.24) is 4.90 Å². The summed E-state index contributed by atoms with van der Waals surface area (Å²) in [4.78, 5) is 1.63. The van der Waals surface area contributed by atoms with Crippen LogP contribution in [0.4, 0.5) is 0 Å². The van der Waals surface area contributed by atoms with Gasteiger partial charge in [0.2, 0.25) is 0 Å². The maximum atomic E-state index is 8.78. The van der Waals surface area contributed by atoms with E-state index in [2.05, 4.69) is 0 Å². The normalized spacial score (nSPS) is 34.3. The van der Waals surface area contributed by atoms with Crippen molar-refractivity contribution in [3.63, 3.8) is 0 Å². The summed E-state index contributed by atoms with van der Waals surface area (Å²) in [5.41, 5.74) is 0. The minimum absolute atomic E-state index is 0.176. The molecule has 0 saturated carbocycles. The van der Waals surface area contributed by atoms with Crippen LogP contribution in [0.3, 0.4) is 0 Å². The second-order valence-electron chi connectivity index (χ2n) is 1.94. The first kappa shape index (κ1) is 5.06. The fourth-order valence-electron chi connectivity index (χ4n) is 0.768. The number of hydrogen-bond donors (Lipinski definition) is 1. The van der Waals surface area contributed by atoms with Gasteiger partial charge in [0.1, 0.15) is 0 Å². The van der Waals surface area contributed by atoms with Crippen LogP contribution in [0.2, 0.25) is 0 Å². The van der Waals surface area contributed by atoms with Crippen LogP contribution in [0.1, 0.15) is 6.42 Å². The molecule has 1 aliphatic heterocycles. The maximum absolute atomic E-state index is 8.78. The first-order chi connectivity index (χ1) is 3.29. The van der Waals surface area contributed by atoms with Crippen LogP contribution < -0.4 is 0 Å². The van der Waals surface area contributed by atoms with Gasteiger partial charge in [-0.3, -0.25) is 4.90 Å². The van der Waals surface area contributed by atoms with Crippen molar-refractivity contribution in [1.29, 1.82) is 0 Å². The van der Waals surface area contributed by atoms with E-state index in [1.165, 1.54) is 0 Å². The first-order valence-corrected chi connectivity index (χ1v) is 2.47. The molecule has 1 fully saturated rings. The molecule has 2 heteroatoms. The molecule has 0 aromatic rings. The molecule has 1 saturated heterocycles. The van der Waals surface area contributed by atoms with Gasteiger partial charge in [-0.25, -0.2) is 0 Å². The molecule has 0 spiro atoms. The van der Waals surface area contributed by atoms with Gasteiger partial charge in [0.15, 0.2) is 0 Å². The summed E-state index contributed by atoms with van der Waals surface area (Å²) in [6.45, 7) is 1.47. The van der Waals surface area contributed by atoms with Crippen LogP contribution in [-0.4, -0.2) is 29.2 Å². The summed E-state index contributed by atoms with van der Waals surface area (Å²) in [6, 6.07) is 0. The van der Waals surface area contributed by atoms with E-state index in [1.807, 2.05) is 0 Å². The van der Waals surface area contributed by atoms with Crippen molar-refractivity contribution in [3.8, 4) is 0 Å². The SMILES string of the molecule is [CH]N1CC[C@H](O)C1. The lowest BCUT2D eigenvalue weighted by Crippen LogP contribution is -2.13. The Morgan fingerprint density at radius 1 is 1.71 bits per heavy atom. The average Bonchev–Trinajstić information content (AvgIpc) is 1.87. The number of nitrogens with zero attached hydrogens (tertiary/aromatic N) is 1.